The highest BCUT2D eigenvalue weighted by atomic mass is 32.2. The van der Waals surface area contributed by atoms with Crippen molar-refractivity contribution in [2.75, 3.05) is 11.5 Å². The first-order chi connectivity index (χ1) is 18.7. The van der Waals surface area contributed by atoms with Crippen LogP contribution in [-0.4, -0.2) is 19.9 Å². The van der Waals surface area contributed by atoms with Gasteiger partial charge in [-0.3, -0.25) is 0 Å². The molecular weight excluding hydrogens is 537 g/mol. The van der Waals surface area contributed by atoms with Crippen LogP contribution in [0.4, 0.5) is 0 Å². The molecule has 0 aliphatic carbocycles. The summed E-state index contributed by atoms with van der Waals surface area (Å²) in [6.07, 6.45) is 21.8. The van der Waals surface area contributed by atoms with Crippen LogP contribution in [0.25, 0.3) is 11.1 Å². The normalized spacial score (nSPS) is 11.1. The molecule has 2 rings (SSSR count). The molecule has 0 bridgehead atoms. The third-order valence-corrected chi connectivity index (χ3v) is 10.2. The summed E-state index contributed by atoms with van der Waals surface area (Å²) in [5.41, 5.74) is 4.80. The fraction of sp³-hybridized carbons (Fsp3) is 0.588. The molecule has 0 aromatic heterocycles. The first-order valence-corrected chi connectivity index (χ1v) is 18.0. The Morgan fingerprint density at radius 2 is 0.737 bits per heavy atom. The molecule has 0 unspecified atom stereocenters. The van der Waals surface area contributed by atoms with E-state index in [-0.39, 0.29) is 0 Å². The highest BCUT2D eigenvalue weighted by Gasteiger charge is 2.06. The Morgan fingerprint density at radius 1 is 0.447 bits per heavy atom. The van der Waals surface area contributed by atoms with E-state index in [2.05, 4.69) is 62.4 Å². The molecule has 0 atom stereocenters. The average Bonchev–Trinajstić information content (AvgIpc) is 2.95. The maximum absolute atomic E-state index is 5.70. The Morgan fingerprint density at radius 3 is 1.05 bits per heavy atom. The van der Waals surface area contributed by atoms with Crippen molar-refractivity contribution in [1.29, 1.82) is 0 Å². The van der Waals surface area contributed by atoms with Crippen molar-refractivity contribution in [3.05, 3.63) is 59.7 Å². The maximum Gasteiger partial charge on any atom is 0.0778 e. The van der Waals surface area contributed by atoms with Gasteiger partial charge in [-0.1, -0.05) is 177 Å². The van der Waals surface area contributed by atoms with E-state index in [9.17, 15) is 0 Å². The van der Waals surface area contributed by atoms with Crippen molar-refractivity contribution in [3.8, 4) is 11.1 Å². The van der Waals surface area contributed by atoms with E-state index in [0.29, 0.717) is 0 Å². The summed E-state index contributed by atoms with van der Waals surface area (Å²) in [5, 5.41) is 0. The number of hydrogen-bond acceptors (Lipinski definition) is 4. The molecule has 38 heavy (non-hydrogen) atoms. The smallest absolute Gasteiger partial charge is 0.0778 e. The SMILES string of the molecule is CCCCCCCCCCSC(=S)c1ccc(-c2ccc(C(=S)SCCCCCCCCCC)cc2)cc1. The van der Waals surface area contributed by atoms with Crippen LogP contribution < -0.4 is 0 Å². The average molecular weight is 587 g/mol. The van der Waals surface area contributed by atoms with Gasteiger partial charge in [0.25, 0.3) is 0 Å². The maximum atomic E-state index is 5.70. The first kappa shape index (κ1) is 33.5. The van der Waals surface area contributed by atoms with Gasteiger partial charge in [0.1, 0.15) is 0 Å². The van der Waals surface area contributed by atoms with Crippen LogP contribution >= 0.6 is 48.0 Å². The van der Waals surface area contributed by atoms with Crippen molar-refractivity contribution in [1.82, 2.24) is 0 Å². The number of thioether (sulfide) groups is 2. The standard InChI is InChI=1S/C34H50S4/c1-3-5-7-9-11-13-15-17-27-37-33(35)31-23-19-29(20-24-31)30-21-25-32(26-22-30)34(36)38-28-18-16-14-12-10-8-6-4-2/h19-26H,3-18,27-28H2,1-2H3. The Kier molecular flexibility index (Phi) is 19.5. The van der Waals surface area contributed by atoms with Gasteiger partial charge in [0.2, 0.25) is 0 Å². The van der Waals surface area contributed by atoms with E-state index in [1.807, 2.05) is 23.5 Å². The van der Waals surface area contributed by atoms with E-state index < -0.39 is 0 Å². The number of benzene rings is 2. The number of thiocarbonyl (C=S) groups is 2. The van der Waals surface area contributed by atoms with Crippen molar-refractivity contribution >= 4 is 56.4 Å². The van der Waals surface area contributed by atoms with Crippen LogP contribution in [0.1, 0.15) is 128 Å². The van der Waals surface area contributed by atoms with Gasteiger partial charge in [-0.15, -0.1) is 23.5 Å². The molecule has 0 N–H and O–H groups in total. The summed E-state index contributed by atoms with van der Waals surface area (Å²) in [7, 11) is 0. The monoisotopic (exact) mass is 586 g/mol. The van der Waals surface area contributed by atoms with E-state index in [1.165, 1.54) is 125 Å². The van der Waals surface area contributed by atoms with Crippen LogP contribution in [0.5, 0.6) is 0 Å². The predicted octanol–water partition coefficient (Wildman–Crippen LogP) is 12.5. The second-order valence-electron chi connectivity index (χ2n) is 10.4. The third-order valence-electron chi connectivity index (χ3n) is 7.04. The topological polar surface area (TPSA) is 0 Å². The van der Waals surface area contributed by atoms with Crippen LogP contribution in [0, 0.1) is 0 Å². The third kappa shape index (κ3) is 14.6. The highest BCUT2D eigenvalue weighted by Crippen LogP contribution is 2.25. The van der Waals surface area contributed by atoms with Gasteiger partial charge in [0.05, 0.1) is 8.39 Å². The molecule has 0 nitrogen and oxygen atoms in total. The molecule has 0 aliphatic rings. The molecule has 210 valence electrons. The van der Waals surface area contributed by atoms with Gasteiger partial charge in [-0.25, -0.2) is 0 Å². The number of unbranched alkanes of at least 4 members (excludes halogenated alkanes) is 14. The van der Waals surface area contributed by atoms with Gasteiger partial charge >= 0.3 is 0 Å². The van der Waals surface area contributed by atoms with Gasteiger partial charge in [-0.2, -0.15) is 0 Å². The summed E-state index contributed by atoms with van der Waals surface area (Å²) >= 11 is 15.1. The number of rotatable bonds is 21. The van der Waals surface area contributed by atoms with Crippen molar-refractivity contribution in [2.24, 2.45) is 0 Å². The second-order valence-corrected chi connectivity index (χ2v) is 13.9. The predicted molar refractivity (Wildman–Crippen MR) is 185 cm³/mol. The Balaban J connectivity index is 1.65. The van der Waals surface area contributed by atoms with Crippen molar-refractivity contribution in [3.63, 3.8) is 0 Å². The summed E-state index contributed by atoms with van der Waals surface area (Å²) in [4.78, 5) is 0. The van der Waals surface area contributed by atoms with Crippen LogP contribution in [-0.2, 0) is 0 Å². The highest BCUT2D eigenvalue weighted by molar-refractivity contribution is 8.24. The van der Waals surface area contributed by atoms with Gasteiger partial charge in [0.15, 0.2) is 0 Å². The minimum atomic E-state index is 1.02. The van der Waals surface area contributed by atoms with Crippen LogP contribution in [0.3, 0.4) is 0 Å². The molecule has 4 heteroatoms. The summed E-state index contributed by atoms with van der Waals surface area (Å²) in [5.74, 6) is 2.27. The molecule has 0 amide bonds. The van der Waals surface area contributed by atoms with Crippen LogP contribution in [0.15, 0.2) is 48.5 Å². The summed E-state index contributed by atoms with van der Waals surface area (Å²) in [6, 6.07) is 17.5. The van der Waals surface area contributed by atoms with Crippen LogP contribution in [0.2, 0.25) is 0 Å². The minimum absolute atomic E-state index is 1.02. The van der Waals surface area contributed by atoms with E-state index >= 15 is 0 Å². The zero-order chi connectivity index (χ0) is 27.3. The fourth-order valence-electron chi connectivity index (χ4n) is 4.57. The molecular formula is C34H50S4. The Labute approximate surface area is 253 Å². The first-order valence-electron chi connectivity index (χ1n) is 15.2. The van der Waals surface area contributed by atoms with E-state index in [4.69, 9.17) is 24.4 Å². The summed E-state index contributed by atoms with van der Waals surface area (Å²) in [6.45, 7) is 4.56. The zero-order valence-corrected chi connectivity index (χ0v) is 27.2. The quantitative estimate of drug-likeness (QED) is 0.105. The fourth-order valence-corrected chi connectivity index (χ4v) is 7.01. The second kappa shape index (κ2) is 22.1. The lowest BCUT2D eigenvalue weighted by Crippen LogP contribution is -1.95. The Hall–Kier alpha value is -0.680. The van der Waals surface area contributed by atoms with Crippen molar-refractivity contribution in [2.45, 2.75) is 117 Å². The molecule has 0 fully saturated rings. The van der Waals surface area contributed by atoms with E-state index in [0.717, 1.165) is 19.9 Å². The van der Waals surface area contributed by atoms with Crippen molar-refractivity contribution < 1.29 is 0 Å². The molecule has 0 spiro atoms. The van der Waals surface area contributed by atoms with Gasteiger partial charge < -0.3 is 0 Å². The molecule has 0 radical (unpaired) electrons. The molecule has 0 heterocycles. The van der Waals surface area contributed by atoms with Gasteiger partial charge in [-0.05, 0) is 46.6 Å². The largest absolute Gasteiger partial charge is 0.114 e. The zero-order valence-electron chi connectivity index (χ0n) is 24.0. The lowest BCUT2D eigenvalue weighted by molar-refractivity contribution is 0.586. The molecule has 0 saturated heterocycles. The molecule has 0 saturated carbocycles. The lowest BCUT2D eigenvalue weighted by atomic mass is 10.0. The lowest BCUT2D eigenvalue weighted by Gasteiger charge is -2.08. The number of hydrogen-bond donors (Lipinski definition) is 0. The molecule has 2 aromatic carbocycles. The molecule has 0 aliphatic heterocycles. The van der Waals surface area contributed by atoms with Gasteiger partial charge in [0, 0.05) is 0 Å². The van der Waals surface area contributed by atoms with E-state index in [1.54, 1.807) is 0 Å². The Bertz CT molecular complexity index is 810. The molecule has 2 aromatic rings. The minimum Gasteiger partial charge on any atom is -0.114 e. The summed E-state index contributed by atoms with van der Waals surface area (Å²) < 4.78 is 2.04.